The third-order valence-corrected chi connectivity index (χ3v) is 3.59. The number of amides is 1. The number of carbonyl (C=O) groups excluding carboxylic acids is 1. The second-order valence-electron chi connectivity index (χ2n) is 5.14. The van der Waals surface area contributed by atoms with Gasteiger partial charge in [-0.25, -0.2) is 0 Å². The summed E-state index contributed by atoms with van der Waals surface area (Å²) in [6.45, 7) is 12.3. The van der Waals surface area contributed by atoms with Gasteiger partial charge in [-0.2, -0.15) is 5.10 Å². The van der Waals surface area contributed by atoms with Crippen LogP contribution in [0.1, 0.15) is 11.4 Å². The van der Waals surface area contributed by atoms with E-state index in [9.17, 15) is 4.79 Å². The molecule has 1 aliphatic rings. The van der Waals surface area contributed by atoms with Gasteiger partial charge in [0.2, 0.25) is 5.91 Å². The molecule has 1 aromatic rings. The van der Waals surface area contributed by atoms with Crippen molar-refractivity contribution < 1.29 is 4.79 Å². The van der Waals surface area contributed by atoms with E-state index in [1.54, 1.807) is 6.08 Å². The van der Waals surface area contributed by atoms with Gasteiger partial charge in [0.05, 0.1) is 23.6 Å². The van der Waals surface area contributed by atoms with Crippen molar-refractivity contribution in [2.75, 3.05) is 44.2 Å². The fourth-order valence-corrected chi connectivity index (χ4v) is 2.59. The smallest absolute Gasteiger partial charge is 0.234 e. The first-order valence-electron chi connectivity index (χ1n) is 6.98. The van der Waals surface area contributed by atoms with Gasteiger partial charge >= 0.3 is 0 Å². The Morgan fingerprint density at radius 1 is 1.40 bits per heavy atom. The van der Waals surface area contributed by atoms with Crippen molar-refractivity contribution in [3.63, 3.8) is 0 Å². The molecule has 0 saturated carbocycles. The summed E-state index contributed by atoms with van der Waals surface area (Å²) in [4.78, 5) is 16.2. The van der Waals surface area contributed by atoms with Crippen molar-refractivity contribution in [2.45, 2.75) is 13.8 Å². The Balaban J connectivity index is 1.83. The molecular formula is C14H23N5O. The third kappa shape index (κ3) is 3.39. The van der Waals surface area contributed by atoms with Gasteiger partial charge in [-0.05, 0) is 13.8 Å². The van der Waals surface area contributed by atoms with Crippen molar-refractivity contribution in [3.05, 3.63) is 24.0 Å². The summed E-state index contributed by atoms with van der Waals surface area (Å²) in [5, 5.41) is 10.1. The number of aromatic amines is 1. The number of hydrogen-bond donors (Lipinski definition) is 2. The van der Waals surface area contributed by atoms with E-state index in [1.165, 1.54) is 5.69 Å². The zero-order valence-electron chi connectivity index (χ0n) is 12.3. The number of hydrogen-bond acceptors (Lipinski definition) is 4. The van der Waals surface area contributed by atoms with Crippen LogP contribution in [0.2, 0.25) is 0 Å². The Kier molecular flexibility index (Phi) is 4.79. The van der Waals surface area contributed by atoms with Crippen molar-refractivity contribution in [1.82, 2.24) is 20.4 Å². The number of nitrogens with one attached hydrogen (secondary N) is 2. The van der Waals surface area contributed by atoms with Gasteiger partial charge in [-0.15, -0.1) is 6.58 Å². The fraction of sp³-hybridized carbons (Fsp3) is 0.571. The van der Waals surface area contributed by atoms with Gasteiger partial charge in [-0.3, -0.25) is 14.8 Å². The summed E-state index contributed by atoms with van der Waals surface area (Å²) in [6.07, 6.45) is 1.69. The lowest BCUT2D eigenvalue weighted by Gasteiger charge is -2.35. The molecule has 0 aliphatic carbocycles. The minimum atomic E-state index is 0.0639. The maximum atomic E-state index is 11.7. The summed E-state index contributed by atoms with van der Waals surface area (Å²) in [6, 6.07) is 0. The summed E-state index contributed by atoms with van der Waals surface area (Å²) < 4.78 is 0. The molecule has 6 nitrogen and oxygen atoms in total. The molecule has 0 unspecified atom stereocenters. The van der Waals surface area contributed by atoms with Crippen LogP contribution >= 0.6 is 0 Å². The number of rotatable bonds is 5. The average molecular weight is 277 g/mol. The molecule has 0 aromatic carbocycles. The van der Waals surface area contributed by atoms with Crippen molar-refractivity contribution >= 4 is 11.6 Å². The maximum Gasteiger partial charge on any atom is 0.234 e. The van der Waals surface area contributed by atoms with E-state index in [4.69, 9.17) is 0 Å². The van der Waals surface area contributed by atoms with Crippen LogP contribution < -0.4 is 10.2 Å². The topological polar surface area (TPSA) is 64.3 Å². The van der Waals surface area contributed by atoms with E-state index in [2.05, 4.69) is 31.9 Å². The van der Waals surface area contributed by atoms with Crippen LogP contribution in [0.4, 0.5) is 5.69 Å². The molecule has 1 aliphatic heterocycles. The number of aromatic nitrogens is 2. The summed E-state index contributed by atoms with van der Waals surface area (Å²) >= 11 is 0. The first kappa shape index (κ1) is 14.6. The van der Waals surface area contributed by atoms with Crippen LogP contribution in [0.25, 0.3) is 0 Å². The lowest BCUT2D eigenvalue weighted by atomic mass is 10.2. The Bertz CT molecular complexity index is 454. The molecule has 0 atom stereocenters. The highest BCUT2D eigenvalue weighted by molar-refractivity contribution is 5.78. The number of anilines is 1. The lowest BCUT2D eigenvalue weighted by Crippen LogP contribution is -2.49. The molecule has 20 heavy (non-hydrogen) atoms. The van der Waals surface area contributed by atoms with E-state index < -0.39 is 0 Å². The highest BCUT2D eigenvalue weighted by Crippen LogP contribution is 2.23. The quantitative estimate of drug-likeness (QED) is 0.767. The Morgan fingerprint density at radius 2 is 2.10 bits per heavy atom. The SMILES string of the molecule is C=CCNC(=O)CN1CCN(c2c(C)n[nH]c2C)CC1. The molecule has 1 fully saturated rings. The minimum absolute atomic E-state index is 0.0639. The molecule has 2 N–H and O–H groups in total. The van der Waals surface area contributed by atoms with Crippen LogP contribution in [0.15, 0.2) is 12.7 Å². The number of nitrogens with zero attached hydrogens (tertiary/aromatic N) is 3. The standard InChI is InChI=1S/C14H23N5O/c1-4-5-15-13(20)10-18-6-8-19(9-7-18)14-11(2)16-17-12(14)3/h4H,1,5-10H2,2-3H3,(H,15,20)(H,16,17). The zero-order chi connectivity index (χ0) is 14.5. The lowest BCUT2D eigenvalue weighted by molar-refractivity contribution is -0.122. The normalized spacial score (nSPS) is 16.2. The molecule has 0 bridgehead atoms. The number of H-pyrrole nitrogens is 1. The fourth-order valence-electron chi connectivity index (χ4n) is 2.59. The first-order valence-corrected chi connectivity index (χ1v) is 6.98. The van der Waals surface area contributed by atoms with Crippen molar-refractivity contribution in [1.29, 1.82) is 0 Å². The molecule has 0 spiro atoms. The van der Waals surface area contributed by atoms with Gasteiger partial charge in [0, 0.05) is 32.7 Å². The summed E-state index contributed by atoms with van der Waals surface area (Å²) in [7, 11) is 0. The molecular weight excluding hydrogens is 254 g/mol. The van der Waals surface area contributed by atoms with Crippen LogP contribution in [-0.2, 0) is 4.79 Å². The van der Waals surface area contributed by atoms with Gasteiger partial charge in [0.1, 0.15) is 0 Å². The third-order valence-electron chi connectivity index (χ3n) is 3.59. The van der Waals surface area contributed by atoms with Gasteiger partial charge in [0.25, 0.3) is 0 Å². The molecule has 6 heteroatoms. The minimum Gasteiger partial charge on any atom is -0.366 e. The van der Waals surface area contributed by atoms with Crippen LogP contribution in [0.5, 0.6) is 0 Å². The molecule has 110 valence electrons. The van der Waals surface area contributed by atoms with Gasteiger partial charge < -0.3 is 10.2 Å². The summed E-state index contributed by atoms with van der Waals surface area (Å²) in [5.74, 6) is 0.0639. The zero-order valence-corrected chi connectivity index (χ0v) is 12.3. The van der Waals surface area contributed by atoms with Crippen molar-refractivity contribution in [2.24, 2.45) is 0 Å². The Labute approximate surface area is 119 Å². The Hall–Kier alpha value is -1.82. The van der Waals surface area contributed by atoms with Crippen molar-refractivity contribution in [3.8, 4) is 0 Å². The second kappa shape index (κ2) is 6.56. The monoisotopic (exact) mass is 277 g/mol. The molecule has 0 radical (unpaired) electrons. The van der Waals surface area contributed by atoms with E-state index in [-0.39, 0.29) is 5.91 Å². The van der Waals surface area contributed by atoms with E-state index in [0.29, 0.717) is 13.1 Å². The van der Waals surface area contributed by atoms with Crippen LogP contribution in [0, 0.1) is 13.8 Å². The average Bonchev–Trinajstić information content (AvgIpc) is 2.77. The van der Waals surface area contributed by atoms with Gasteiger partial charge in [0.15, 0.2) is 0 Å². The maximum absolute atomic E-state index is 11.7. The number of piperazine rings is 1. The molecule has 1 saturated heterocycles. The summed E-state index contributed by atoms with van der Waals surface area (Å²) in [5.41, 5.74) is 3.36. The van der Waals surface area contributed by atoms with E-state index >= 15 is 0 Å². The predicted molar refractivity (Wildman–Crippen MR) is 79.9 cm³/mol. The van der Waals surface area contributed by atoms with Crippen LogP contribution in [0.3, 0.4) is 0 Å². The number of aryl methyl sites for hydroxylation is 2. The molecule has 1 aromatic heterocycles. The number of carbonyl (C=O) groups is 1. The first-order chi connectivity index (χ1) is 9.61. The highest BCUT2D eigenvalue weighted by Gasteiger charge is 2.22. The Morgan fingerprint density at radius 3 is 2.65 bits per heavy atom. The molecule has 2 heterocycles. The highest BCUT2D eigenvalue weighted by atomic mass is 16.2. The van der Waals surface area contributed by atoms with Gasteiger partial charge in [-0.1, -0.05) is 6.08 Å². The van der Waals surface area contributed by atoms with Crippen LogP contribution in [-0.4, -0.2) is 60.3 Å². The molecule has 2 rings (SSSR count). The predicted octanol–water partition coefficient (Wildman–Crippen LogP) is 0.451. The van der Waals surface area contributed by atoms with E-state index in [1.807, 2.05) is 13.8 Å². The largest absolute Gasteiger partial charge is 0.366 e. The second-order valence-corrected chi connectivity index (χ2v) is 5.14. The molecule has 1 amide bonds. The van der Waals surface area contributed by atoms with E-state index in [0.717, 1.165) is 37.6 Å².